The van der Waals surface area contributed by atoms with Gasteiger partial charge in [-0.15, -0.1) is 0 Å². The molecule has 3 nitrogen and oxygen atoms in total. The number of hydrogen-bond donors (Lipinski definition) is 2. The molecule has 0 saturated heterocycles. The van der Waals surface area contributed by atoms with Crippen LogP contribution in [0.3, 0.4) is 0 Å². The van der Waals surface area contributed by atoms with E-state index >= 15 is 0 Å². The maximum atomic E-state index is 10.7. The van der Waals surface area contributed by atoms with Gasteiger partial charge in [0.1, 0.15) is 5.78 Å². The van der Waals surface area contributed by atoms with Gasteiger partial charge in [0.15, 0.2) is 0 Å². The molecule has 0 bridgehead atoms. The van der Waals surface area contributed by atoms with Gasteiger partial charge in [0.25, 0.3) is 0 Å². The minimum Gasteiger partial charge on any atom is -0.390 e. The van der Waals surface area contributed by atoms with Gasteiger partial charge in [-0.25, -0.2) is 0 Å². The molecule has 2 N–H and O–H groups in total. The smallest absolute Gasteiger partial charge is 0.141 e. The summed E-state index contributed by atoms with van der Waals surface area (Å²) in [6, 6.07) is 0. The van der Waals surface area contributed by atoms with Crippen molar-refractivity contribution in [3.8, 4) is 0 Å². The molecule has 3 atom stereocenters. The molecule has 1 saturated carbocycles. The number of carbonyl (C=O) groups is 1. The average molecular weight is 219 g/mol. The third kappa shape index (κ3) is 1.85. The Kier molecular flexibility index (Phi) is 4.18. The Balaban J connectivity index is 0.000000810. The normalized spacial score (nSPS) is 39.5. The van der Waals surface area contributed by atoms with Crippen LogP contribution in [-0.4, -0.2) is 28.2 Å². The molecule has 0 aliphatic heterocycles. The Hall–Kier alpha value is 0.694. The van der Waals surface area contributed by atoms with Crippen molar-refractivity contribution in [3.05, 3.63) is 0 Å². The molecule has 0 amide bonds. The van der Waals surface area contributed by atoms with E-state index in [9.17, 15) is 4.79 Å². The summed E-state index contributed by atoms with van der Waals surface area (Å²) < 4.78 is 0. The SMILES string of the molecule is C[C@H]1C(=O)CC(O)C1O.[Y]. The van der Waals surface area contributed by atoms with Gasteiger partial charge in [0.05, 0.1) is 12.2 Å². The van der Waals surface area contributed by atoms with E-state index in [-0.39, 0.29) is 50.8 Å². The third-order valence-electron chi connectivity index (χ3n) is 1.82. The Bertz CT molecular complexity index is 137. The Morgan fingerprint density at radius 2 is 2.00 bits per heavy atom. The summed E-state index contributed by atoms with van der Waals surface area (Å²) in [6.45, 7) is 1.63. The van der Waals surface area contributed by atoms with E-state index in [1.165, 1.54) is 0 Å². The number of ketones is 1. The summed E-state index contributed by atoms with van der Waals surface area (Å²) in [5.74, 6) is -0.421. The van der Waals surface area contributed by atoms with E-state index in [0.717, 1.165) is 0 Å². The quantitative estimate of drug-likeness (QED) is 0.567. The zero-order valence-corrected chi connectivity index (χ0v) is 8.66. The van der Waals surface area contributed by atoms with Gasteiger partial charge in [-0.2, -0.15) is 0 Å². The van der Waals surface area contributed by atoms with Crippen LogP contribution < -0.4 is 0 Å². The van der Waals surface area contributed by atoms with E-state index in [0.29, 0.717) is 0 Å². The number of aliphatic hydroxyl groups is 2. The second kappa shape index (κ2) is 3.91. The summed E-state index contributed by atoms with van der Waals surface area (Å²) in [7, 11) is 0. The maximum absolute atomic E-state index is 10.7. The first-order valence-corrected chi connectivity index (χ1v) is 3.02. The molecule has 0 aromatic heterocycles. The van der Waals surface area contributed by atoms with Gasteiger partial charge in [-0.3, -0.25) is 4.79 Å². The number of Topliss-reactive ketones (excluding diaryl/α,β-unsaturated/α-hetero) is 1. The molecule has 4 heteroatoms. The van der Waals surface area contributed by atoms with E-state index in [1.807, 2.05) is 0 Å². The topological polar surface area (TPSA) is 57.5 Å². The predicted octanol–water partition coefficient (Wildman–Crippen LogP) is -0.685. The van der Waals surface area contributed by atoms with Crippen LogP contribution in [0.5, 0.6) is 0 Å². The molecule has 10 heavy (non-hydrogen) atoms. The van der Waals surface area contributed by atoms with Gasteiger partial charge >= 0.3 is 0 Å². The van der Waals surface area contributed by atoms with Crippen molar-refractivity contribution in [2.75, 3.05) is 0 Å². The molecule has 2 unspecified atom stereocenters. The second-order valence-electron chi connectivity index (χ2n) is 2.52. The van der Waals surface area contributed by atoms with Crippen LogP contribution in [-0.2, 0) is 37.5 Å². The number of aliphatic hydroxyl groups excluding tert-OH is 2. The van der Waals surface area contributed by atoms with Crippen LogP contribution in [0.1, 0.15) is 13.3 Å². The minimum atomic E-state index is -0.836. The zero-order valence-electron chi connectivity index (χ0n) is 5.82. The first-order valence-electron chi connectivity index (χ1n) is 3.02. The molecule has 0 aromatic carbocycles. The van der Waals surface area contributed by atoms with Crippen LogP contribution in [0.4, 0.5) is 0 Å². The van der Waals surface area contributed by atoms with E-state index in [4.69, 9.17) is 10.2 Å². The summed E-state index contributed by atoms with van der Waals surface area (Å²) in [4.78, 5) is 10.7. The van der Waals surface area contributed by atoms with Crippen LogP contribution in [0, 0.1) is 5.92 Å². The zero-order chi connectivity index (χ0) is 7.02. The average Bonchev–Trinajstić information content (AvgIpc) is 1.98. The summed E-state index contributed by atoms with van der Waals surface area (Å²) >= 11 is 0. The Labute approximate surface area is 84.7 Å². The summed E-state index contributed by atoms with van der Waals surface area (Å²) in [6.07, 6.45) is -1.55. The number of carbonyl (C=O) groups excluding carboxylic acids is 1. The van der Waals surface area contributed by atoms with Gasteiger partial charge < -0.3 is 10.2 Å². The van der Waals surface area contributed by atoms with Gasteiger partial charge in [-0.05, 0) is 0 Å². The van der Waals surface area contributed by atoms with Crippen molar-refractivity contribution in [2.24, 2.45) is 5.92 Å². The maximum Gasteiger partial charge on any atom is 0.141 e. The fourth-order valence-corrected chi connectivity index (χ4v) is 1.04. The predicted molar refractivity (Wildman–Crippen MR) is 30.8 cm³/mol. The van der Waals surface area contributed by atoms with Gasteiger partial charge in [-0.1, -0.05) is 6.92 Å². The molecule has 0 aromatic rings. The first-order chi connectivity index (χ1) is 4.13. The minimum absolute atomic E-state index is 0. The largest absolute Gasteiger partial charge is 0.390 e. The monoisotopic (exact) mass is 219 g/mol. The van der Waals surface area contributed by atoms with Crippen LogP contribution in [0.2, 0.25) is 0 Å². The molecular formula is C6H10O3Y. The third-order valence-corrected chi connectivity index (χ3v) is 1.82. The Morgan fingerprint density at radius 1 is 1.50 bits per heavy atom. The van der Waals surface area contributed by atoms with Gasteiger partial charge in [0.2, 0.25) is 0 Å². The molecule has 55 valence electrons. The molecule has 1 aliphatic carbocycles. The van der Waals surface area contributed by atoms with E-state index < -0.39 is 12.2 Å². The van der Waals surface area contributed by atoms with Crippen LogP contribution >= 0.6 is 0 Å². The first kappa shape index (κ1) is 10.7. The number of rotatable bonds is 0. The van der Waals surface area contributed by atoms with Crippen LogP contribution in [0.25, 0.3) is 0 Å². The fraction of sp³-hybridized carbons (Fsp3) is 0.833. The standard InChI is InChI=1S/C6H10O3.Y/c1-3-4(7)2-5(8)6(3)9;/h3,5-6,8-9H,2H2,1H3;/t3-,5?,6?;/m0./s1. The van der Waals surface area contributed by atoms with Crippen molar-refractivity contribution in [1.82, 2.24) is 0 Å². The number of hydrogen-bond acceptors (Lipinski definition) is 3. The molecule has 0 spiro atoms. The van der Waals surface area contributed by atoms with Crippen molar-refractivity contribution in [3.63, 3.8) is 0 Å². The fourth-order valence-electron chi connectivity index (χ4n) is 1.04. The van der Waals surface area contributed by atoms with Crippen molar-refractivity contribution in [1.29, 1.82) is 0 Å². The molecule has 1 rings (SSSR count). The molecular weight excluding hydrogens is 209 g/mol. The van der Waals surface area contributed by atoms with E-state index in [2.05, 4.69) is 0 Å². The van der Waals surface area contributed by atoms with Crippen molar-refractivity contribution >= 4 is 5.78 Å². The van der Waals surface area contributed by atoms with Crippen LogP contribution in [0.15, 0.2) is 0 Å². The summed E-state index contributed by atoms with van der Waals surface area (Å²) in [5.41, 5.74) is 0. The summed E-state index contributed by atoms with van der Waals surface area (Å²) in [5, 5.41) is 17.8. The molecule has 0 heterocycles. The molecule has 1 aliphatic rings. The van der Waals surface area contributed by atoms with Crippen molar-refractivity contribution < 1.29 is 47.7 Å². The van der Waals surface area contributed by atoms with E-state index in [1.54, 1.807) is 6.92 Å². The molecule has 1 fully saturated rings. The Morgan fingerprint density at radius 3 is 2.10 bits per heavy atom. The van der Waals surface area contributed by atoms with Crippen molar-refractivity contribution in [2.45, 2.75) is 25.6 Å². The van der Waals surface area contributed by atoms with Gasteiger partial charge in [0, 0.05) is 45.0 Å². The second-order valence-corrected chi connectivity index (χ2v) is 2.52. The molecule has 1 radical (unpaired) electrons.